The van der Waals surface area contributed by atoms with Gasteiger partial charge in [0.2, 0.25) is 12.7 Å². The molecular weight excluding hydrogens is 250 g/mol. The molecule has 1 aromatic rings. The van der Waals surface area contributed by atoms with Gasteiger partial charge in [-0.25, -0.2) is 0 Å². The van der Waals surface area contributed by atoms with Crippen LogP contribution in [0.4, 0.5) is 0 Å². The minimum Gasteiger partial charge on any atom is -0.481 e. The van der Waals surface area contributed by atoms with E-state index >= 15 is 0 Å². The first-order valence-corrected chi connectivity index (χ1v) is 5.86. The first-order valence-electron chi connectivity index (χ1n) is 5.86. The van der Waals surface area contributed by atoms with Crippen molar-refractivity contribution in [2.45, 2.75) is 26.3 Å². The molecule has 2 N–H and O–H groups in total. The van der Waals surface area contributed by atoms with Crippen molar-refractivity contribution in [1.82, 2.24) is 5.32 Å². The Morgan fingerprint density at radius 2 is 2.00 bits per heavy atom. The predicted molar refractivity (Wildman–Crippen MR) is 66.1 cm³/mol. The molecule has 0 saturated heterocycles. The highest BCUT2D eigenvalue weighted by molar-refractivity contribution is 5.75. The highest BCUT2D eigenvalue weighted by atomic mass is 16.7. The van der Waals surface area contributed by atoms with Crippen molar-refractivity contribution in [2.24, 2.45) is 0 Å². The first kappa shape index (κ1) is 13.2. The van der Waals surface area contributed by atoms with Gasteiger partial charge in [-0.3, -0.25) is 9.59 Å². The van der Waals surface area contributed by atoms with E-state index in [9.17, 15) is 9.59 Å². The number of aliphatic carboxylic acids is 1. The van der Waals surface area contributed by atoms with Gasteiger partial charge in [0.05, 0.1) is 12.5 Å². The van der Waals surface area contributed by atoms with Gasteiger partial charge in [0.25, 0.3) is 0 Å². The molecule has 1 aliphatic heterocycles. The molecule has 1 aliphatic rings. The predicted octanol–water partition coefficient (Wildman–Crippen LogP) is 1.38. The number of rotatable bonds is 4. The number of fused-ring (bicyclic) bond motifs is 1. The number of carbonyl (C=O) groups is 2. The van der Waals surface area contributed by atoms with Crippen LogP contribution in [0.25, 0.3) is 0 Å². The summed E-state index contributed by atoms with van der Waals surface area (Å²) in [6.07, 6.45) is -0.180. The average molecular weight is 265 g/mol. The van der Waals surface area contributed by atoms with E-state index in [0.717, 1.165) is 11.1 Å². The van der Waals surface area contributed by atoms with Gasteiger partial charge in [-0.05, 0) is 30.2 Å². The van der Waals surface area contributed by atoms with Crippen molar-refractivity contribution in [2.75, 3.05) is 6.79 Å². The largest absolute Gasteiger partial charge is 0.481 e. The van der Waals surface area contributed by atoms with Crippen LogP contribution in [0.2, 0.25) is 0 Å². The monoisotopic (exact) mass is 265 g/mol. The normalized spacial score (nSPS) is 14.0. The average Bonchev–Trinajstić information content (AvgIpc) is 2.72. The number of carbonyl (C=O) groups excluding carboxylic acids is 1. The minimum absolute atomic E-state index is 0.155. The fourth-order valence-corrected chi connectivity index (χ4v) is 2.09. The van der Waals surface area contributed by atoms with Crippen LogP contribution in [0, 0.1) is 6.92 Å². The Balaban J connectivity index is 2.35. The number of carboxylic acid groups (broad SMARTS) is 1. The molecule has 6 heteroatoms. The van der Waals surface area contributed by atoms with E-state index in [4.69, 9.17) is 14.6 Å². The number of hydrogen-bond acceptors (Lipinski definition) is 4. The highest BCUT2D eigenvalue weighted by Crippen LogP contribution is 2.37. The molecule has 1 aromatic carbocycles. The molecule has 102 valence electrons. The second kappa shape index (κ2) is 5.17. The summed E-state index contributed by atoms with van der Waals surface area (Å²) in [5.41, 5.74) is 1.58. The van der Waals surface area contributed by atoms with Gasteiger partial charge in [-0.1, -0.05) is 0 Å². The van der Waals surface area contributed by atoms with Crippen LogP contribution in [0.1, 0.15) is 30.5 Å². The molecule has 0 bridgehead atoms. The summed E-state index contributed by atoms with van der Waals surface area (Å²) in [7, 11) is 0. The van der Waals surface area contributed by atoms with Crippen LogP contribution in [0.15, 0.2) is 12.1 Å². The maximum atomic E-state index is 11.2. The Bertz CT molecular complexity index is 510. The zero-order valence-corrected chi connectivity index (χ0v) is 10.7. The third-order valence-corrected chi connectivity index (χ3v) is 2.89. The van der Waals surface area contributed by atoms with Gasteiger partial charge >= 0.3 is 5.97 Å². The zero-order valence-electron chi connectivity index (χ0n) is 10.7. The van der Waals surface area contributed by atoms with Gasteiger partial charge in [-0.15, -0.1) is 0 Å². The number of aryl methyl sites for hydroxylation is 1. The van der Waals surface area contributed by atoms with Crippen molar-refractivity contribution in [3.05, 3.63) is 23.3 Å². The molecule has 1 heterocycles. The molecule has 2 rings (SSSR count). The Morgan fingerprint density at radius 3 is 2.58 bits per heavy atom. The summed E-state index contributed by atoms with van der Waals surface area (Å²) >= 11 is 0. The number of hydrogen-bond donors (Lipinski definition) is 2. The summed E-state index contributed by atoms with van der Waals surface area (Å²) in [5.74, 6) is -0.0429. The summed E-state index contributed by atoms with van der Waals surface area (Å²) in [6.45, 7) is 3.35. The second-order valence-corrected chi connectivity index (χ2v) is 4.41. The molecule has 0 radical (unpaired) electrons. The number of benzene rings is 1. The summed E-state index contributed by atoms with van der Waals surface area (Å²) in [6, 6.07) is 2.93. The third-order valence-electron chi connectivity index (χ3n) is 2.89. The van der Waals surface area contributed by atoms with E-state index in [2.05, 4.69) is 5.32 Å². The molecule has 1 atom stereocenters. The maximum absolute atomic E-state index is 11.2. The van der Waals surface area contributed by atoms with Crippen molar-refractivity contribution >= 4 is 11.9 Å². The lowest BCUT2D eigenvalue weighted by atomic mass is 9.98. The Morgan fingerprint density at radius 1 is 1.37 bits per heavy atom. The van der Waals surface area contributed by atoms with Gasteiger partial charge in [0.15, 0.2) is 11.5 Å². The number of carboxylic acids is 1. The number of nitrogens with one attached hydrogen (secondary N) is 1. The van der Waals surface area contributed by atoms with Crippen LogP contribution in [0.3, 0.4) is 0 Å². The Labute approximate surface area is 110 Å². The lowest BCUT2D eigenvalue weighted by Gasteiger charge is -2.19. The highest BCUT2D eigenvalue weighted by Gasteiger charge is 2.23. The van der Waals surface area contributed by atoms with Crippen molar-refractivity contribution < 1.29 is 24.2 Å². The van der Waals surface area contributed by atoms with E-state index in [1.54, 1.807) is 12.1 Å². The van der Waals surface area contributed by atoms with Crippen LogP contribution in [0.5, 0.6) is 11.5 Å². The molecule has 0 aromatic heterocycles. The van der Waals surface area contributed by atoms with Crippen LogP contribution < -0.4 is 14.8 Å². The molecule has 1 unspecified atom stereocenters. The van der Waals surface area contributed by atoms with E-state index in [0.29, 0.717) is 11.5 Å². The molecule has 0 spiro atoms. The van der Waals surface area contributed by atoms with E-state index < -0.39 is 12.0 Å². The molecule has 1 amide bonds. The summed E-state index contributed by atoms with van der Waals surface area (Å²) in [4.78, 5) is 22.1. The first-order chi connectivity index (χ1) is 8.97. The molecular formula is C13H15NO5. The fourth-order valence-electron chi connectivity index (χ4n) is 2.09. The van der Waals surface area contributed by atoms with Gasteiger partial charge in [0, 0.05) is 6.92 Å². The molecule has 0 saturated carbocycles. The lowest BCUT2D eigenvalue weighted by molar-refractivity contribution is -0.137. The topological polar surface area (TPSA) is 84.9 Å². The van der Waals surface area contributed by atoms with E-state index in [1.165, 1.54) is 6.92 Å². The van der Waals surface area contributed by atoms with Crippen molar-refractivity contribution in [3.8, 4) is 11.5 Å². The summed E-state index contributed by atoms with van der Waals surface area (Å²) in [5, 5.41) is 11.6. The SMILES string of the molecule is CC(=O)NC(CC(=O)O)c1cc2c(cc1C)OCO2. The Kier molecular flexibility index (Phi) is 3.59. The standard InChI is InChI=1S/C13H15NO5/c1-7-3-11-12(19-6-18-11)4-9(7)10(5-13(16)17)14-8(2)15/h3-4,10H,5-6H2,1-2H3,(H,14,15)(H,16,17). The van der Waals surface area contributed by atoms with Gasteiger partial charge < -0.3 is 19.9 Å². The quantitative estimate of drug-likeness (QED) is 0.859. The van der Waals surface area contributed by atoms with Gasteiger partial charge in [0.1, 0.15) is 0 Å². The molecule has 6 nitrogen and oxygen atoms in total. The zero-order chi connectivity index (χ0) is 14.0. The molecule has 19 heavy (non-hydrogen) atoms. The second-order valence-electron chi connectivity index (χ2n) is 4.41. The van der Waals surface area contributed by atoms with Gasteiger partial charge in [-0.2, -0.15) is 0 Å². The van der Waals surface area contributed by atoms with Crippen LogP contribution >= 0.6 is 0 Å². The molecule has 0 aliphatic carbocycles. The Hall–Kier alpha value is -2.24. The number of ether oxygens (including phenoxy) is 2. The molecule has 0 fully saturated rings. The van der Waals surface area contributed by atoms with Crippen LogP contribution in [-0.2, 0) is 9.59 Å². The lowest BCUT2D eigenvalue weighted by Crippen LogP contribution is -2.28. The van der Waals surface area contributed by atoms with E-state index in [-0.39, 0.29) is 19.1 Å². The van der Waals surface area contributed by atoms with Crippen LogP contribution in [-0.4, -0.2) is 23.8 Å². The number of amides is 1. The van der Waals surface area contributed by atoms with Crippen molar-refractivity contribution in [1.29, 1.82) is 0 Å². The minimum atomic E-state index is -0.976. The fraction of sp³-hybridized carbons (Fsp3) is 0.385. The maximum Gasteiger partial charge on any atom is 0.305 e. The van der Waals surface area contributed by atoms with Crippen molar-refractivity contribution in [3.63, 3.8) is 0 Å². The smallest absolute Gasteiger partial charge is 0.305 e. The summed E-state index contributed by atoms with van der Waals surface area (Å²) < 4.78 is 10.5. The third kappa shape index (κ3) is 2.96. The van der Waals surface area contributed by atoms with E-state index in [1.807, 2.05) is 6.92 Å².